The summed E-state index contributed by atoms with van der Waals surface area (Å²) in [4.78, 5) is 25.3. The molecule has 0 aromatic heterocycles. The zero-order chi connectivity index (χ0) is 17.7. The van der Waals surface area contributed by atoms with E-state index < -0.39 is 6.04 Å². The second-order valence-corrected chi connectivity index (χ2v) is 7.02. The standard InChI is InChI=1S/C18H27N3O3/c1-13-16(22)19-8-10-21(13)17(23)20-9-11-24-15-7-5-6-14(12-15)18(2,3)4/h5-7,12-13H,8-11H2,1-4H3,(H,19,22)(H,20,23). The molecule has 1 saturated heterocycles. The number of hydrogen-bond donors (Lipinski definition) is 2. The molecule has 3 amide bonds. The van der Waals surface area contributed by atoms with Crippen molar-refractivity contribution in [3.8, 4) is 5.75 Å². The molecule has 0 saturated carbocycles. The molecule has 132 valence electrons. The Balaban J connectivity index is 1.79. The van der Waals surface area contributed by atoms with Gasteiger partial charge in [-0.3, -0.25) is 4.79 Å². The van der Waals surface area contributed by atoms with Crippen LogP contribution in [0.4, 0.5) is 4.79 Å². The summed E-state index contributed by atoms with van der Waals surface area (Å²) < 4.78 is 5.72. The molecule has 6 nitrogen and oxygen atoms in total. The van der Waals surface area contributed by atoms with Crippen molar-refractivity contribution in [2.24, 2.45) is 0 Å². The Bertz CT molecular complexity index is 595. The second-order valence-electron chi connectivity index (χ2n) is 7.02. The Kier molecular flexibility index (Phi) is 5.70. The minimum absolute atomic E-state index is 0.0680. The molecule has 2 N–H and O–H groups in total. The number of carbonyl (C=O) groups is 2. The first kappa shape index (κ1) is 18.1. The van der Waals surface area contributed by atoms with Crippen LogP contribution in [0.2, 0.25) is 0 Å². The maximum Gasteiger partial charge on any atom is 0.318 e. The Morgan fingerprint density at radius 3 is 2.88 bits per heavy atom. The van der Waals surface area contributed by atoms with E-state index >= 15 is 0 Å². The molecule has 1 fully saturated rings. The zero-order valence-corrected chi connectivity index (χ0v) is 14.9. The van der Waals surface area contributed by atoms with Gasteiger partial charge in [0.05, 0.1) is 6.54 Å². The molecule has 0 radical (unpaired) electrons. The lowest BCUT2D eigenvalue weighted by molar-refractivity contribution is -0.126. The maximum atomic E-state index is 12.1. The molecule has 1 unspecified atom stereocenters. The highest BCUT2D eigenvalue weighted by molar-refractivity contribution is 5.87. The van der Waals surface area contributed by atoms with Crippen LogP contribution < -0.4 is 15.4 Å². The van der Waals surface area contributed by atoms with E-state index in [1.165, 1.54) is 5.56 Å². The molecule has 1 aromatic carbocycles. The van der Waals surface area contributed by atoms with Crippen molar-refractivity contribution in [3.05, 3.63) is 29.8 Å². The summed E-state index contributed by atoms with van der Waals surface area (Å²) in [6, 6.07) is 7.32. The van der Waals surface area contributed by atoms with Crippen LogP contribution >= 0.6 is 0 Å². The molecular formula is C18H27N3O3. The van der Waals surface area contributed by atoms with E-state index in [0.29, 0.717) is 26.2 Å². The quantitative estimate of drug-likeness (QED) is 0.827. The fraction of sp³-hybridized carbons (Fsp3) is 0.556. The van der Waals surface area contributed by atoms with E-state index in [-0.39, 0.29) is 17.4 Å². The molecule has 1 aliphatic heterocycles. The van der Waals surface area contributed by atoms with E-state index in [9.17, 15) is 9.59 Å². The minimum Gasteiger partial charge on any atom is -0.492 e. The summed E-state index contributed by atoms with van der Waals surface area (Å²) in [5, 5.41) is 5.54. The first-order valence-corrected chi connectivity index (χ1v) is 8.34. The lowest BCUT2D eigenvalue weighted by Crippen LogP contribution is -2.58. The Morgan fingerprint density at radius 2 is 2.17 bits per heavy atom. The van der Waals surface area contributed by atoms with Crippen LogP contribution in [0.15, 0.2) is 24.3 Å². The third-order valence-electron chi connectivity index (χ3n) is 4.11. The van der Waals surface area contributed by atoms with E-state index in [4.69, 9.17) is 4.74 Å². The van der Waals surface area contributed by atoms with Gasteiger partial charge >= 0.3 is 6.03 Å². The summed E-state index contributed by atoms with van der Waals surface area (Å²) in [5.41, 5.74) is 1.27. The number of piperazine rings is 1. The summed E-state index contributed by atoms with van der Waals surface area (Å²) in [5.74, 6) is 0.675. The van der Waals surface area contributed by atoms with Gasteiger partial charge < -0.3 is 20.3 Å². The minimum atomic E-state index is -0.442. The Labute approximate surface area is 143 Å². The predicted octanol–water partition coefficient (Wildman–Crippen LogP) is 1.89. The van der Waals surface area contributed by atoms with Gasteiger partial charge in [0.15, 0.2) is 0 Å². The van der Waals surface area contributed by atoms with E-state index in [1.54, 1.807) is 11.8 Å². The number of benzene rings is 1. The Morgan fingerprint density at radius 1 is 1.42 bits per heavy atom. The molecule has 1 heterocycles. The first-order chi connectivity index (χ1) is 11.3. The molecule has 2 rings (SSSR count). The fourth-order valence-electron chi connectivity index (χ4n) is 2.54. The zero-order valence-electron chi connectivity index (χ0n) is 14.9. The highest BCUT2D eigenvalue weighted by atomic mass is 16.5. The molecule has 0 spiro atoms. The summed E-state index contributed by atoms with van der Waals surface area (Å²) in [6.45, 7) is 9.98. The highest BCUT2D eigenvalue weighted by Gasteiger charge is 2.28. The number of urea groups is 1. The maximum absolute atomic E-state index is 12.1. The number of ether oxygens (including phenoxy) is 1. The number of carbonyl (C=O) groups excluding carboxylic acids is 2. The number of hydrogen-bond acceptors (Lipinski definition) is 3. The lowest BCUT2D eigenvalue weighted by atomic mass is 9.87. The van der Waals surface area contributed by atoms with E-state index in [2.05, 4.69) is 37.5 Å². The van der Waals surface area contributed by atoms with Crippen LogP contribution in [0.3, 0.4) is 0 Å². The third-order valence-corrected chi connectivity index (χ3v) is 4.11. The second kappa shape index (κ2) is 7.55. The van der Waals surface area contributed by atoms with E-state index in [0.717, 1.165) is 5.75 Å². The normalized spacial score (nSPS) is 18.1. The summed E-state index contributed by atoms with van der Waals surface area (Å²) in [6.07, 6.45) is 0. The number of rotatable bonds is 4. The van der Waals surface area contributed by atoms with Crippen LogP contribution in [0.25, 0.3) is 0 Å². The molecule has 1 atom stereocenters. The van der Waals surface area contributed by atoms with Gasteiger partial charge in [0, 0.05) is 13.1 Å². The lowest BCUT2D eigenvalue weighted by Gasteiger charge is -2.32. The van der Waals surface area contributed by atoms with Gasteiger partial charge in [-0.1, -0.05) is 32.9 Å². The third kappa shape index (κ3) is 4.63. The SMILES string of the molecule is CC1C(=O)NCCN1C(=O)NCCOc1cccc(C(C)(C)C)c1. The number of amides is 3. The summed E-state index contributed by atoms with van der Waals surface area (Å²) in [7, 11) is 0. The van der Waals surface area contributed by atoms with Crippen molar-refractivity contribution in [1.29, 1.82) is 0 Å². The number of nitrogens with zero attached hydrogens (tertiary/aromatic N) is 1. The Hall–Kier alpha value is -2.24. The first-order valence-electron chi connectivity index (χ1n) is 8.34. The largest absolute Gasteiger partial charge is 0.492 e. The fourth-order valence-corrected chi connectivity index (χ4v) is 2.54. The van der Waals surface area contributed by atoms with E-state index in [1.807, 2.05) is 18.2 Å². The van der Waals surface area contributed by atoms with Gasteiger partial charge in [-0.25, -0.2) is 4.79 Å². The van der Waals surface area contributed by atoms with Crippen LogP contribution in [0.1, 0.15) is 33.3 Å². The smallest absolute Gasteiger partial charge is 0.318 e. The van der Waals surface area contributed by atoms with Gasteiger partial charge in [-0.2, -0.15) is 0 Å². The molecule has 0 bridgehead atoms. The van der Waals surface area contributed by atoms with Crippen LogP contribution in [-0.2, 0) is 10.2 Å². The number of nitrogens with one attached hydrogen (secondary N) is 2. The van der Waals surface area contributed by atoms with Gasteiger partial charge in [-0.15, -0.1) is 0 Å². The van der Waals surface area contributed by atoms with Crippen molar-refractivity contribution >= 4 is 11.9 Å². The average molecular weight is 333 g/mol. The molecule has 6 heteroatoms. The monoisotopic (exact) mass is 333 g/mol. The van der Waals surface area contributed by atoms with Gasteiger partial charge in [0.2, 0.25) is 5.91 Å². The molecule has 1 aromatic rings. The van der Waals surface area contributed by atoms with Crippen LogP contribution in [-0.4, -0.2) is 49.1 Å². The van der Waals surface area contributed by atoms with Crippen molar-refractivity contribution in [2.45, 2.75) is 39.2 Å². The topological polar surface area (TPSA) is 70.7 Å². The van der Waals surface area contributed by atoms with Crippen molar-refractivity contribution in [2.75, 3.05) is 26.2 Å². The molecule has 0 aliphatic carbocycles. The van der Waals surface area contributed by atoms with Crippen molar-refractivity contribution < 1.29 is 14.3 Å². The molecular weight excluding hydrogens is 306 g/mol. The summed E-state index contributed by atoms with van der Waals surface area (Å²) >= 11 is 0. The van der Waals surface area contributed by atoms with Crippen molar-refractivity contribution in [1.82, 2.24) is 15.5 Å². The molecule has 24 heavy (non-hydrogen) atoms. The highest BCUT2D eigenvalue weighted by Crippen LogP contribution is 2.25. The van der Waals surface area contributed by atoms with Gasteiger partial charge in [-0.05, 0) is 30.0 Å². The van der Waals surface area contributed by atoms with Gasteiger partial charge in [0.1, 0.15) is 18.4 Å². The predicted molar refractivity (Wildman–Crippen MR) is 93.2 cm³/mol. The average Bonchev–Trinajstić information content (AvgIpc) is 2.53. The van der Waals surface area contributed by atoms with Crippen LogP contribution in [0.5, 0.6) is 5.75 Å². The van der Waals surface area contributed by atoms with Crippen molar-refractivity contribution in [3.63, 3.8) is 0 Å². The van der Waals surface area contributed by atoms with Gasteiger partial charge in [0.25, 0.3) is 0 Å². The van der Waals surface area contributed by atoms with Crippen LogP contribution in [0, 0.1) is 0 Å². The molecule has 1 aliphatic rings.